The Labute approximate surface area is 149 Å². The molecule has 25 heavy (non-hydrogen) atoms. The molecule has 2 heterocycles. The van der Waals surface area contributed by atoms with Gasteiger partial charge in [0, 0.05) is 24.5 Å². The van der Waals surface area contributed by atoms with E-state index in [1.54, 1.807) is 0 Å². The summed E-state index contributed by atoms with van der Waals surface area (Å²) in [6, 6.07) is 20.7. The summed E-state index contributed by atoms with van der Waals surface area (Å²) in [4.78, 5) is 9.06. The van der Waals surface area contributed by atoms with Crippen LogP contribution in [0.15, 0.2) is 60.7 Å². The van der Waals surface area contributed by atoms with E-state index >= 15 is 0 Å². The van der Waals surface area contributed by atoms with Crippen LogP contribution in [0.2, 0.25) is 0 Å². The van der Waals surface area contributed by atoms with Gasteiger partial charge >= 0.3 is 0 Å². The van der Waals surface area contributed by atoms with Gasteiger partial charge in [0.25, 0.3) is 0 Å². The maximum Gasteiger partial charge on any atom is 0.109 e. The van der Waals surface area contributed by atoms with E-state index in [0.717, 1.165) is 36.1 Å². The van der Waals surface area contributed by atoms with E-state index in [1.165, 1.54) is 16.6 Å². The first-order valence-electron chi connectivity index (χ1n) is 8.98. The molecule has 0 fully saturated rings. The average molecular weight is 331 g/mol. The Kier molecular flexibility index (Phi) is 5.44. The van der Waals surface area contributed by atoms with E-state index in [4.69, 9.17) is 0 Å². The molecule has 3 nitrogen and oxygen atoms in total. The maximum absolute atomic E-state index is 4.56. The summed E-state index contributed by atoms with van der Waals surface area (Å²) in [5.41, 5.74) is 4.61. The zero-order valence-corrected chi connectivity index (χ0v) is 15.2. The molecule has 3 heteroatoms. The van der Waals surface area contributed by atoms with Crippen LogP contribution in [-0.4, -0.2) is 14.5 Å². The fourth-order valence-corrected chi connectivity index (χ4v) is 3.02. The largest absolute Gasteiger partial charge is 0.331 e. The number of hydrogen-bond donors (Lipinski definition) is 0. The number of nitrogens with zero attached hydrogens (tertiary/aromatic N) is 3. The van der Waals surface area contributed by atoms with Gasteiger partial charge in [-0.3, -0.25) is 4.98 Å². The molecule has 0 aliphatic rings. The molecule has 0 radical (unpaired) electrons. The molecule has 0 N–H and O–H groups in total. The number of para-hydroxylation sites is 3. The molecule has 4 rings (SSSR count). The van der Waals surface area contributed by atoms with Crippen molar-refractivity contribution in [3.63, 3.8) is 0 Å². The minimum atomic E-state index is 0.991. The van der Waals surface area contributed by atoms with Crippen molar-refractivity contribution in [1.82, 2.24) is 14.5 Å². The van der Waals surface area contributed by atoms with Gasteiger partial charge in [0.05, 0.1) is 16.6 Å². The van der Waals surface area contributed by atoms with Crippen LogP contribution in [0.5, 0.6) is 0 Å². The Hall–Kier alpha value is -2.68. The Balaban J connectivity index is 0.000000146. The highest BCUT2D eigenvalue weighted by atomic mass is 15.1. The molecule has 0 saturated heterocycles. The van der Waals surface area contributed by atoms with Gasteiger partial charge < -0.3 is 4.57 Å². The van der Waals surface area contributed by atoms with E-state index < -0.39 is 0 Å². The summed E-state index contributed by atoms with van der Waals surface area (Å²) in [5, 5.41) is 1.22. The number of imidazole rings is 1. The first kappa shape index (κ1) is 17.2. The number of aryl methyl sites for hydroxylation is 3. The third-order valence-electron chi connectivity index (χ3n) is 4.36. The first-order valence-corrected chi connectivity index (χ1v) is 8.98. The Morgan fingerprint density at radius 3 is 2.24 bits per heavy atom. The van der Waals surface area contributed by atoms with E-state index in [-0.39, 0.29) is 0 Å². The second kappa shape index (κ2) is 7.93. The Bertz CT molecular complexity index is 969. The third-order valence-corrected chi connectivity index (χ3v) is 4.36. The van der Waals surface area contributed by atoms with Crippen LogP contribution in [-0.2, 0) is 19.9 Å². The summed E-state index contributed by atoms with van der Waals surface area (Å²) >= 11 is 0. The molecule has 0 saturated carbocycles. The summed E-state index contributed by atoms with van der Waals surface area (Å²) in [5.74, 6) is 1.15. The monoisotopic (exact) mass is 331 g/mol. The quantitative estimate of drug-likeness (QED) is 0.508. The molecule has 0 aliphatic heterocycles. The fourth-order valence-electron chi connectivity index (χ4n) is 3.02. The number of rotatable bonds is 3. The molecule has 0 aliphatic carbocycles. The average Bonchev–Trinajstić information content (AvgIpc) is 2.99. The van der Waals surface area contributed by atoms with E-state index in [9.17, 15) is 0 Å². The van der Waals surface area contributed by atoms with Gasteiger partial charge in [0.1, 0.15) is 5.82 Å². The molecular weight excluding hydrogens is 306 g/mol. The summed E-state index contributed by atoms with van der Waals surface area (Å²) in [6.07, 6.45) is 3.22. The van der Waals surface area contributed by atoms with Crippen molar-refractivity contribution in [1.29, 1.82) is 0 Å². The highest BCUT2D eigenvalue weighted by Crippen LogP contribution is 2.14. The van der Waals surface area contributed by atoms with Crippen LogP contribution in [0, 0.1) is 0 Å². The van der Waals surface area contributed by atoms with Gasteiger partial charge in [0.15, 0.2) is 0 Å². The molecule has 2 aromatic heterocycles. The molecule has 0 unspecified atom stereocenters. The van der Waals surface area contributed by atoms with Gasteiger partial charge in [-0.15, -0.1) is 0 Å². The number of hydrogen-bond acceptors (Lipinski definition) is 2. The van der Waals surface area contributed by atoms with Gasteiger partial charge in [-0.2, -0.15) is 0 Å². The van der Waals surface area contributed by atoms with E-state index in [2.05, 4.69) is 71.8 Å². The van der Waals surface area contributed by atoms with Crippen LogP contribution >= 0.6 is 0 Å². The summed E-state index contributed by atoms with van der Waals surface area (Å²) < 4.78 is 2.15. The Morgan fingerprint density at radius 2 is 1.52 bits per heavy atom. The lowest BCUT2D eigenvalue weighted by molar-refractivity contribution is 0.829. The van der Waals surface area contributed by atoms with Crippen molar-refractivity contribution >= 4 is 21.9 Å². The second-order valence-electron chi connectivity index (χ2n) is 6.17. The van der Waals surface area contributed by atoms with Crippen LogP contribution in [0.25, 0.3) is 21.9 Å². The lowest BCUT2D eigenvalue weighted by Crippen LogP contribution is -1.94. The number of pyridine rings is 1. The van der Waals surface area contributed by atoms with Gasteiger partial charge in [0.2, 0.25) is 0 Å². The molecule has 0 atom stereocenters. The number of aromatic nitrogens is 3. The van der Waals surface area contributed by atoms with Crippen molar-refractivity contribution in [2.75, 3.05) is 0 Å². The normalized spacial score (nSPS) is 10.7. The highest BCUT2D eigenvalue weighted by molar-refractivity contribution is 5.78. The van der Waals surface area contributed by atoms with E-state index in [0.29, 0.717) is 0 Å². The second-order valence-corrected chi connectivity index (χ2v) is 6.17. The van der Waals surface area contributed by atoms with Crippen molar-refractivity contribution in [3.8, 4) is 0 Å². The summed E-state index contributed by atoms with van der Waals surface area (Å²) in [7, 11) is 2.06. The predicted molar refractivity (Wildman–Crippen MR) is 106 cm³/mol. The molecule has 0 spiro atoms. The molecule has 2 aromatic carbocycles. The minimum absolute atomic E-state index is 0.991. The number of fused-ring (bicyclic) bond motifs is 2. The zero-order chi connectivity index (χ0) is 17.6. The lowest BCUT2D eigenvalue weighted by Gasteiger charge is -2.00. The van der Waals surface area contributed by atoms with Crippen molar-refractivity contribution < 1.29 is 0 Å². The molecular formula is C22H25N3. The zero-order valence-electron chi connectivity index (χ0n) is 15.2. The SMILES string of the molecule is CCCc1ccc2ccccc2n1.CCc1nc2ccccc2n1C. The molecule has 0 bridgehead atoms. The molecule has 128 valence electrons. The number of benzene rings is 2. The minimum Gasteiger partial charge on any atom is -0.331 e. The molecule has 0 amide bonds. The van der Waals surface area contributed by atoms with Gasteiger partial charge in [-0.1, -0.05) is 56.7 Å². The van der Waals surface area contributed by atoms with Crippen LogP contribution < -0.4 is 0 Å². The maximum atomic E-state index is 4.56. The third kappa shape index (κ3) is 3.87. The first-order chi connectivity index (χ1) is 12.2. The smallest absolute Gasteiger partial charge is 0.109 e. The van der Waals surface area contributed by atoms with Gasteiger partial charge in [-0.05, 0) is 30.7 Å². The predicted octanol–water partition coefficient (Wildman–Crippen LogP) is 5.32. The van der Waals surface area contributed by atoms with Crippen molar-refractivity contribution in [3.05, 3.63) is 72.2 Å². The Morgan fingerprint density at radius 1 is 0.800 bits per heavy atom. The molecule has 4 aromatic rings. The van der Waals surface area contributed by atoms with Crippen LogP contribution in [0.1, 0.15) is 31.8 Å². The topological polar surface area (TPSA) is 30.7 Å². The fraction of sp³-hybridized carbons (Fsp3) is 0.273. The van der Waals surface area contributed by atoms with Gasteiger partial charge in [-0.25, -0.2) is 4.98 Å². The lowest BCUT2D eigenvalue weighted by atomic mass is 10.1. The van der Waals surface area contributed by atoms with Crippen LogP contribution in [0.3, 0.4) is 0 Å². The standard InChI is InChI=1S/C12H13N.C10H12N2/c1-2-5-11-9-8-10-6-3-4-7-12(10)13-11;1-3-10-11-8-6-4-5-7-9(8)12(10)2/h3-4,6-9H,2,5H2,1H3;4-7H,3H2,1-2H3. The highest BCUT2D eigenvalue weighted by Gasteiger charge is 2.03. The van der Waals surface area contributed by atoms with Crippen molar-refractivity contribution in [2.24, 2.45) is 7.05 Å². The summed E-state index contributed by atoms with van der Waals surface area (Å²) in [6.45, 7) is 4.30. The van der Waals surface area contributed by atoms with Crippen molar-refractivity contribution in [2.45, 2.75) is 33.1 Å². The van der Waals surface area contributed by atoms with Crippen LogP contribution in [0.4, 0.5) is 0 Å². The van der Waals surface area contributed by atoms with E-state index in [1.807, 2.05) is 24.3 Å².